The number of allylic oxidation sites excluding steroid dienone is 6. The van der Waals surface area contributed by atoms with E-state index >= 15 is 0 Å². The summed E-state index contributed by atoms with van der Waals surface area (Å²) in [6.45, 7) is 12.7. The summed E-state index contributed by atoms with van der Waals surface area (Å²) in [6, 6.07) is -1.14. The average Bonchev–Trinajstić information content (AvgIpc) is 3.28. The third-order valence-electron chi connectivity index (χ3n) is 14.5. The quantitative estimate of drug-likeness (QED) is 0.156. The molecule has 3 aliphatic heterocycles. The molecule has 2 bridgehead atoms. The van der Waals surface area contributed by atoms with Crippen LogP contribution in [0.4, 0.5) is 0 Å². The number of rotatable bonds is 6. The third-order valence-corrected chi connectivity index (χ3v) is 14.5. The van der Waals surface area contributed by atoms with Gasteiger partial charge in [0.25, 0.3) is 11.7 Å². The number of fused-ring (bicyclic) bond motifs is 3. The van der Waals surface area contributed by atoms with Crippen LogP contribution in [-0.4, -0.2) is 132 Å². The van der Waals surface area contributed by atoms with Crippen LogP contribution in [0.25, 0.3) is 0 Å². The van der Waals surface area contributed by atoms with Crippen molar-refractivity contribution in [1.29, 1.82) is 0 Å². The van der Waals surface area contributed by atoms with Crippen molar-refractivity contribution >= 4 is 29.2 Å². The van der Waals surface area contributed by atoms with Crippen LogP contribution < -0.4 is 0 Å². The first-order chi connectivity index (χ1) is 30.7. The third kappa shape index (κ3) is 14.3. The van der Waals surface area contributed by atoms with Crippen molar-refractivity contribution in [3.63, 3.8) is 0 Å². The number of carbonyl (C=O) groups is 5. The highest BCUT2D eigenvalue weighted by atomic mass is 16.6. The molecule has 0 spiro atoms. The van der Waals surface area contributed by atoms with E-state index in [0.29, 0.717) is 63.4 Å². The molecule has 0 aromatic carbocycles. The van der Waals surface area contributed by atoms with Gasteiger partial charge in [-0.2, -0.15) is 0 Å². The maximum Gasteiger partial charge on any atom is 0.329 e. The molecule has 14 nitrogen and oxygen atoms in total. The first-order valence-electron chi connectivity index (χ1n) is 23.9. The van der Waals surface area contributed by atoms with E-state index in [4.69, 9.17) is 23.7 Å². The molecule has 1 saturated carbocycles. The van der Waals surface area contributed by atoms with Crippen molar-refractivity contribution in [2.24, 2.45) is 35.5 Å². The minimum atomic E-state index is -2.43. The Bertz CT molecular complexity index is 1760. The molecule has 15 atom stereocenters. The molecule has 1 amide bonds. The van der Waals surface area contributed by atoms with Crippen molar-refractivity contribution < 1.29 is 63.0 Å². The zero-order valence-electron chi connectivity index (χ0n) is 40.6. The molecule has 3 fully saturated rings. The van der Waals surface area contributed by atoms with Gasteiger partial charge in [0.1, 0.15) is 30.1 Å². The molecule has 14 heteroatoms. The standard InChI is InChI=1S/C51H79NO13/c1-30-16-12-11-13-17-31(2)42(61-8)28-38-21-19-36(7)51(60,65-38)48(57)49(58)52-23-15-14-18-39(52)50(59)64-43(33(4)26-37-20-22-40(53)44(27-37)62-9)29-41(54)32(3)25-35(6)46(56)47(63-10)45(55)34(5)24-30/h11-13,16-17,25,30,32-34,36-40,42-44,46-47,53,56,60H,14-15,18-24,26-29H2,1-10H3/b13-11+,16-12-,31-17+,35-25+/t30-,32-,33-,34-,36-,37+,38?,39?,40-,42+,43?,44-,46-,47+,51-/m1/s1. The van der Waals surface area contributed by atoms with Crippen LogP contribution in [0.5, 0.6) is 0 Å². The first-order valence-corrected chi connectivity index (χ1v) is 23.9. The number of aliphatic hydroxyl groups excluding tert-OH is 2. The van der Waals surface area contributed by atoms with Crippen molar-refractivity contribution in [2.75, 3.05) is 27.9 Å². The Labute approximate surface area is 387 Å². The molecule has 2 saturated heterocycles. The second-order valence-corrected chi connectivity index (χ2v) is 19.6. The minimum absolute atomic E-state index is 0.0193. The predicted molar refractivity (Wildman–Crippen MR) is 245 cm³/mol. The second-order valence-electron chi connectivity index (χ2n) is 19.6. The number of Topliss-reactive ketones (excluding diaryl/α,β-unsaturated/α-hetero) is 3. The summed E-state index contributed by atoms with van der Waals surface area (Å²) < 4.78 is 29.4. The van der Waals surface area contributed by atoms with Crippen LogP contribution in [0.1, 0.15) is 126 Å². The van der Waals surface area contributed by atoms with Crippen molar-refractivity contribution in [1.82, 2.24) is 4.90 Å². The fourth-order valence-electron chi connectivity index (χ4n) is 10.1. The van der Waals surface area contributed by atoms with E-state index < -0.39 is 83.9 Å². The molecule has 0 radical (unpaired) electrons. The molecule has 0 aromatic rings. The lowest BCUT2D eigenvalue weighted by molar-refractivity contribution is -0.265. The largest absolute Gasteiger partial charge is 0.460 e. The Morgan fingerprint density at radius 2 is 1.57 bits per heavy atom. The number of amides is 1. The van der Waals surface area contributed by atoms with Gasteiger partial charge in [0.2, 0.25) is 5.79 Å². The van der Waals surface area contributed by atoms with E-state index in [-0.39, 0.29) is 54.8 Å². The van der Waals surface area contributed by atoms with Crippen LogP contribution >= 0.6 is 0 Å². The topological polar surface area (TPSA) is 195 Å². The summed E-state index contributed by atoms with van der Waals surface area (Å²) in [5.41, 5.74) is 1.27. The smallest absolute Gasteiger partial charge is 0.329 e. The molecule has 4 rings (SSSR count). The number of methoxy groups -OCH3 is 3. The zero-order valence-corrected chi connectivity index (χ0v) is 40.6. The van der Waals surface area contributed by atoms with Gasteiger partial charge in [-0.25, -0.2) is 4.79 Å². The Hall–Kier alpha value is -3.37. The minimum Gasteiger partial charge on any atom is -0.460 e. The van der Waals surface area contributed by atoms with Gasteiger partial charge in [0.05, 0.1) is 24.4 Å². The van der Waals surface area contributed by atoms with Crippen LogP contribution in [0.2, 0.25) is 0 Å². The summed E-state index contributed by atoms with van der Waals surface area (Å²) in [5.74, 6) is -7.96. The van der Waals surface area contributed by atoms with Gasteiger partial charge in [0.15, 0.2) is 5.78 Å². The van der Waals surface area contributed by atoms with E-state index in [0.717, 1.165) is 12.0 Å². The fourth-order valence-corrected chi connectivity index (χ4v) is 10.1. The van der Waals surface area contributed by atoms with E-state index in [1.807, 2.05) is 58.1 Å². The Balaban J connectivity index is 1.70. The monoisotopic (exact) mass is 914 g/mol. The van der Waals surface area contributed by atoms with Crippen molar-refractivity contribution in [3.8, 4) is 0 Å². The number of carbonyl (C=O) groups excluding carboxylic acids is 5. The normalized spacial score (nSPS) is 40.4. The van der Waals surface area contributed by atoms with Gasteiger partial charge in [-0.3, -0.25) is 19.2 Å². The maximum absolute atomic E-state index is 14.4. The molecule has 366 valence electrons. The molecule has 3 unspecified atom stereocenters. The number of hydrogen-bond donors (Lipinski definition) is 3. The van der Waals surface area contributed by atoms with E-state index in [1.54, 1.807) is 41.1 Å². The van der Waals surface area contributed by atoms with Gasteiger partial charge in [-0.15, -0.1) is 0 Å². The van der Waals surface area contributed by atoms with E-state index in [1.165, 1.54) is 12.0 Å². The average molecular weight is 914 g/mol. The number of nitrogens with zero attached hydrogens (tertiary/aromatic N) is 1. The van der Waals surface area contributed by atoms with Gasteiger partial charge in [-0.1, -0.05) is 71.1 Å². The highest BCUT2D eigenvalue weighted by Crippen LogP contribution is 2.38. The van der Waals surface area contributed by atoms with Gasteiger partial charge in [0, 0.05) is 58.5 Å². The highest BCUT2D eigenvalue weighted by Gasteiger charge is 2.53. The maximum atomic E-state index is 14.4. The van der Waals surface area contributed by atoms with Gasteiger partial charge < -0.3 is 43.9 Å². The lowest BCUT2D eigenvalue weighted by Gasteiger charge is -2.42. The first kappa shape index (κ1) is 54.2. The number of piperidine rings is 1. The van der Waals surface area contributed by atoms with Crippen LogP contribution in [0.3, 0.4) is 0 Å². The van der Waals surface area contributed by atoms with Crippen LogP contribution in [0, 0.1) is 35.5 Å². The SMILES string of the molecule is CO[C@H]1CC2CC[C@@H](C)[C@@](O)(O2)C(=O)C(=O)N2CCCCC2C(=O)OC([C@H](C)C[C@@H]2CC[C@@H](O)[C@H](OC)C2)CC(=O)[C@H](C)/C=C(\C)[C@@H](O)[C@@H](OC)C(=O)[C@H](C)C[C@H](C)\C=C/C=C/C=C/1C. The highest BCUT2D eigenvalue weighted by molar-refractivity contribution is 6.39. The molecule has 3 heterocycles. The number of esters is 1. The fraction of sp³-hybridized carbons (Fsp3) is 0.745. The van der Waals surface area contributed by atoms with Gasteiger partial charge >= 0.3 is 5.97 Å². The predicted octanol–water partition coefficient (Wildman–Crippen LogP) is 6.18. The lowest BCUT2D eigenvalue weighted by atomic mass is 9.78. The summed E-state index contributed by atoms with van der Waals surface area (Å²) in [7, 11) is 4.52. The lowest BCUT2D eigenvalue weighted by Crippen LogP contribution is -2.61. The van der Waals surface area contributed by atoms with E-state index in [2.05, 4.69) is 0 Å². The van der Waals surface area contributed by atoms with Crippen LogP contribution in [0.15, 0.2) is 47.6 Å². The molecule has 4 aliphatic rings. The molecular formula is C51H79NO13. The molecule has 65 heavy (non-hydrogen) atoms. The van der Waals surface area contributed by atoms with E-state index in [9.17, 15) is 39.3 Å². The van der Waals surface area contributed by atoms with Crippen molar-refractivity contribution in [3.05, 3.63) is 47.6 Å². The summed E-state index contributed by atoms with van der Waals surface area (Å²) in [6.07, 6.45) is 11.2. The number of cyclic esters (lactones) is 1. The summed E-state index contributed by atoms with van der Waals surface area (Å²) >= 11 is 0. The van der Waals surface area contributed by atoms with Crippen LogP contribution in [-0.2, 0) is 47.7 Å². The summed E-state index contributed by atoms with van der Waals surface area (Å²) in [4.78, 5) is 71.8. The van der Waals surface area contributed by atoms with Crippen molar-refractivity contribution in [2.45, 2.75) is 180 Å². The Kier molecular flexibility index (Phi) is 21.0. The zero-order chi connectivity index (χ0) is 48.2. The van der Waals surface area contributed by atoms with Gasteiger partial charge in [-0.05, 0) is 107 Å². The molecule has 3 N–H and O–H groups in total. The number of ether oxygens (including phenoxy) is 5. The summed E-state index contributed by atoms with van der Waals surface area (Å²) in [5, 5.41) is 33.8. The number of aliphatic hydroxyl groups is 3. The number of hydrogen-bond acceptors (Lipinski definition) is 13. The number of ketones is 3. The Morgan fingerprint density at radius 3 is 2.25 bits per heavy atom. The molecule has 1 aliphatic carbocycles. The second kappa shape index (κ2) is 25.1. The molecular weight excluding hydrogens is 835 g/mol. The molecule has 0 aromatic heterocycles. The Morgan fingerprint density at radius 1 is 0.846 bits per heavy atom.